The van der Waals surface area contributed by atoms with Crippen LogP contribution in [0, 0.1) is 5.82 Å². The van der Waals surface area contributed by atoms with Gasteiger partial charge in [-0.2, -0.15) is 0 Å². The van der Waals surface area contributed by atoms with Crippen molar-refractivity contribution in [1.82, 2.24) is 10.3 Å². The second-order valence-corrected chi connectivity index (χ2v) is 4.91. The number of hydrogen-bond donors (Lipinski definition) is 1. The lowest BCUT2D eigenvalue weighted by Crippen LogP contribution is -2.00. The predicted molar refractivity (Wildman–Crippen MR) is 80.0 cm³/mol. The van der Waals surface area contributed by atoms with Crippen LogP contribution in [-0.4, -0.2) is 28.5 Å². The van der Waals surface area contributed by atoms with Crippen LogP contribution in [0.4, 0.5) is 4.39 Å². The van der Waals surface area contributed by atoms with E-state index in [1.165, 1.54) is 37.4 Å². The van der Waals surface area contributed by atoms with E-state index in [0.29, 0.717) is 16.8 Å². The van der Waals surface area contributed by atoms with Crippen molar-refractivity contribution in [3.8, 4) is 17.1 Å². The molecule has 25 heavy (non-hydrogen) atoms. The van der Waals surface area contributed by atoms with Crippen LogP contribution in [0.1, 0.15) is 21.9 Å². The molecule has 1 N–H and O–H groups in total. The van der Waals surface area contributed by atoms with Crippen LogP contribution in [-0.2, 0) is 18.0 Å². The third-order valence-electron chi connectivity index (χ3n) is 3.37. The maximum Gasteiger partial charge on any atom is 0.377 e. The van der Waals surface area contributed by atoms with Gasteiger partial charge in [-0.1, -0.05) is 5.16 Å². The Morgan fingerprint density at radius 3 is 2.68 bits per heavy atom. The molecular weight excluding hydrogens is 335 g/mol. The average Bonchev–Trinajstić information content (AvgIpc) is 3.26. The summed E-state index contributed by atoms with van der Waals surface area (Å²) in [6, 6.07) is 6.91. The standard InChI is InChI=1S/C16H13FN2O6/c1-22-16(21)12-6-14(18-24-12)23-8-11-13(7-20)25-19-15(11)9-2-4-10(17)5-3-9/h2-6,20H,7-8H2,1H3. The Kier molecular flexibility index (Phi) is 4.75. The van der Waals surface area contributed by atoms with Crippen molar-refractivity contribution in [2.24, 2.45) is 0 Å². The number of halogens is 1. The maximum absolute atomic E-state index is 13.1. The molecule has 0 aliphatic heterocycles. The minimum Gasteiger partial charge on any atom is -0.470 e. The zero-order chi connectivity index (χ0) is 17.8. The molecule has 0 aliphatic rings. The summed E-state index contributed by atoms with van der Waals surface area (Å²) >= 11 is 0. The van der Waals surface area contributed by atoms with E-state index in [2.05, 4.69) is 15.1 Å². The van der Waals surface area contributed by atoms with E-state index in [-0.39, 0.29) is 36.4 Å². The van der Waals surface area contributed by atoms with Gasteiger partial charge < -0.3 is 23.6 Å². The summed E-state index contributed by atoms with van der Waals surface area (Å²) in [5, 5.41) is 16.9. The lowest BCUT2D eigenvalue weighted by atomic mass is 10.1. The Balaban J connectivity index is 1.82. The first-order chi connectivity index (χ1) is 12.1. The first-order valence-corrected chi connectivity index (χ1v) is 7.14. The van der Waals surface area contributed by atoms with Gasteiger partial charge in [0.25, 0.3) is 5.88 Å². The van der Waals surface area contributed by atoms with Gasteiger partial charge in [-0.3, -0.25) is 0 Å². The Hall–Kier alpha value is -3.20. The molecule has 0 bridgehead atoms. The van der Waals surface area contributed by atoms with Crippen molar-refractivity contribution in [1.29, 1.82) is 0 Å². The van der Waals surface area contributed by atoms with Crippen LogP contribution in [0.2, 0.25) is 0 Å². The van der Waals surface area contributed by atoms with Gasteiger partial charge in [-0.25, -0.2) is 9.18 Å². The van der Waals surface area contributed by atoms with Gasteiger partial charge in [0, 0.05) is 5.56 Å². The molecule has 2 heterocycles. The number of ether oxygens (including phenoxy) is 2. The molecule has 0 radical (unpaired) electrons. The molecule has 3 aromatic rings. The number of carbonyl (C=O) groups is 1. The van der Waals surface area contributed by atoms with Crippen molar-refractivity contribution in [2.75, 3.05) is 7.11 Å². The fourth-order valence-corrected chi connectivity index (χ4v) is 2.12. The molecule has 3 rings (SSSR count). The summed E-state index contributed by atoms with van der Waals surface area (Å²) in [7, 11) is 1.21. The van der Waals surface area contributed by atoms with Gasteiger partial charge in [-0.05, 0) is 29.4 Å². The number of aromatic nitrogens is 2. The number of aliphatic hydroxyl groups excluding tert-OH is 1. The molecule has 1 aromatic carbocycles. The van der Waals surface area contributed by atoms with Gasteiger partial charge in [-0.15, -0.1) is 0 Å². The van der Waals surface area contributed by atoms with Crippen molar-refractivity contribution in [2.45, 2.75) is 13.2 Å². The largest absolute Gasteiger partial charge is 0.470 e. The molecule has 0 saturated heterocycles. The van der Waals surface area contributed by atoms with Gasteiger partial charge in [0.1, 0.15) is 24.7 Å². The van der Waals surface area contributed by atoms with Crippen LogP contribution < -0.4 is 4.74 Å². The molecule has 0 amide bonds. The van der Waals surface area contributed by atoms with E-state index in [0.717, 1.165) is 0 Å². The van der Waals surface area contributed by atoms with E-state index in [1.54, 1.807) is 0 Å². The summed E-state index contributed by atoms with van der Waals surface area (Å²) in [5.74, 6) is -0.920. The second kappa shape index (κ2) is 7.14. The van der Waals surface area contributed by atoms with Gasteiger partial charge in [0.15, 0.2) is 5.76 Å². The Labute approximate surface area is 140 Å². The highest BCUT2D eigenvalue weighted by molar-refractivity contribution is 5.86. The molecular formula is C16H13FN2O6. The number of esters is 1. The van der Waals surface area contributed by atoms with Gasteiger partial charge in [0.2, 0.25) is 5.76 Å². The van der Waals surface area contributed by atoms with Gasteiger partial charge in [0.05, 0.1) is 18.7 Å². The van der Waals surface area contributed by atoms with Crippen molar-refractivity contribution < 1.29 is 32.8 Å². The molecule has 2 aromatic heterocycles. The van der Waals surface area contributed by atoms with Crippen LogP contribution >= 0.6 is 0 Å². The highest BCUT2D eigenvalue weighted by Gasteiger charge is 2.19. The number of nitrogens with zero attached hydrogens (tertiary/aromatic N) is 2. The van der Waals surface area contributed by atoms with Crippen molar-refractivity contribution in [3.63, 3.8) is 0 Å². The molecule has 0 fully saturated rings. The summed E-state index contributed by atoms with van der Waals surface area (Å²) in [5.41, 5.74) is 1.47. The third kappa shape index (κ3) is 3.50. The summed E-state index contributed by atoms with van der Waals surface area (Å²) in [4.78, 5) is 11.3. The lowest BCUT2D eigenvalue weighted by Gasteiger charge is -2.04. The molecule has 0 unspecified atom stereocenters. The zero-order valence-corrected chi connectivity index (χ0v) is 13.1. The fraction of sp³-hybridized carbons (Fsp3) is 0.188. The summed E-state index contributed by atoms with van der Waals surface area (Å²) in [6.45, 7) is -0.446. The Morgan fingerprint density at radius 1 is 1.24 bits per heavy atom. The van der Waals surface area contributed by atoms with Crippen molar-refractivity contribution in [3.05, 3.63) is 53.2 Å². The fourth-order valence-electron chi connectivity index (χ4n) is 2.12. The molecule has 0 aliphatic carbocycles. The SMILES string of the molecule is COC(=O)c1cc(OCc2c(-c3ccc(F)cc3)noc2CO)no1. The number of hydrogen-bond acceptors (Lipinski definition) is 8. The van der Waals surface area contributed by atoms with Crippen LogP contribution in [0.3, 0.4) is 0 Å². The molecule has 130 valence electrons. The Bertz CT molecular complexity index is 871. The average molecular weight is 348 g/mol. The zero-order valence-electron chi connectivity index (χ0n) is 13.1. The molecule has 0 atom stereocenters. The normalized spacial score (nSPS) is 10.7. The monoisotopic (exact) mass is 348 g/mol. The number of aliphatic hydroxyl groups is 1. The highest BCUT2D eigenvalue weighted by atomic mass is 19.1. The summed E-state index contributed by atoms with van der Waals surface area (Å²) in [6.07, 6.45) is 0. The summed E-state index contributed by atoms with van der Waals surface area (Å²) < 4.78 is 32.9. The third-order valence-corrected chi connectivity index (χ3v) is 3.37. The van der Waals surface area contributed by atoms with Gasteiger partial charge >= 0.3 is 5.97 Å². The number of carbonyl (C=O) groups excluding carboxylic acids is 1. The lowest BCUT2D eigenvalue weighted by molar-refractivity contribution is 0.0554. The van der Waals surface area contributed by atoms with Crippen LogP contribution in [0.15, 0.2) is 39.4 Å². The molecule has 8 nitrogen and oxygen atoms in total. The minimum absolute atomic E-state index is 0.0514. The quantitative estimate of drug-likeness (QED) is 0.676. The highest BCUT2D eigenvalue weighted by Crippen LogP contribution is 2.27. The number of rotatable bonds is 6. The maximum atomic E-state index is 13.1. The van der Waals surface area contributed by atoms with E-state index >= 15 is 0 Å². The molecule has 0 saturated carbocycles. The smallest absolute Gasteiger partial charge is 0.377 e. The predicted octanol–water partition coefficient (Wildman–Crippen LogP) is 2.33. The molecule has 0 spiro atoms. The van der Waals surface area contributed by atoms with E-state index < -0.39 is 5.97 Å². The Morgan fingerprint density at radius 2 is 2.00 bits per heavy atom. The van der Waals surface area contributed by atoms with Crippen LogP contribution in [0.5, 0.6) is 5.88 Å². The first-order valence-electron chi connectivity index (χ1n) is 7.14. The van der Waals surface area contributed by atoms with Crippen molar-refractivity contribution >= 4 is 5.97 Å². The molecule has 9 heteroatoms. The number of methoxy groups -OCH3 is 1. The minimum atomic E-state index is -0.685. The van der Waals surface area contributed by atoms with E-state index in [1.807, 2.05) is 0 Å². The van der Waals surface area contributed by atoms with E-state index in [4.69, 9.17) is 13.8 Å². The topological polar surface area (TPSA) is 108 Å². The number of benzene rings is 1. The van der Waals surface area contributed by atoms with E-state index in [9.17, 15) is 14.3 Å². The van der Waals surface area contributed by atoms with Crippen LogP contribution in [0.25, 0.3) is 11.3 Å². The second-order valence-electron chi connectivity index (χ2n) is 4.91. The first kappa shape index (κ1) is 16.7.